The van der Waals surface area contributed by atoms with E-state index in [9.17, 15) is 14.9 Å². The van der Waals surface area contributed by atoms with Crippen molar-refractivity contribution < 1.29 is 14.3 Å². The van der Waals surface area contributed by atoms with E-state index >= 15 is 0 Å². The second-order valence-corrected chi connectivity index (χ2v) is 6.39. The molecule has 4 aromatic rings. The highest BCUT2D eigenvalue weighted by Crippen LogP contribution is 2.19. The van der Waals surface area contributed by atoms with Crippen LogP contribution >= 0.6 is 0 Å². The summed E-state index contributed by atoms with van der Waals surface area (Å²) in [6.45, 7) is -0.509. The maximum absolute atomic E-state index is 12.4. The van der Waals surface area contributed by atoms with Crippen molar-refractivity contribution in [3.63, 3.8) is 0 Å². The molecule has 0 aliphatic heterocycles. The smallest absolute Gasteiger partial charge is 0.338 e. The molecule has 0 radical (unpaired) electrons. The first-order valence-electron chi connectivity index (χ1n) is 9.26. The van der Waals surface area contributed by atoms with E-state index in [2.05, 4.69) is 15.5 Å². The number of hydrogen-bond donors (Lipinski definition) is 1. The highest BCUT2D eigenvalue weighted by atomic mass is 16.5. The van der Waals surface area contributed by atoms with E-state index < -0.39 is 18.5 Å². The van der Waals surface area contributed by atoms with Crippen LogP contribution < -0.4 is 5.32 Å². The average Bonchev–Trinajstić information content (AvgIpc) is 3.48. The fourth-order valence-electron chi connectivity index (χ4n) is 2.87. The van der Waals surface area contributed by atoms with Gasteiger partial charge in [-0.2, -0.15) is 15.5 Å². The topological polar surface area (TPSA) is 115 Å². The van der Waals surface area contributed by atoms with Crippen LogP contribution in [0, 0.1) is 11.3 Å². The molecule has 0 saturated heterocycles. The fraction of sp³-hybridized carbons (Fsp3) is 0.0455. The molecule has 4 rings (SSSR count). The fourth-order valence-corrected chi connectivity index (χ4v) is 2.87. The molecule has 2 aromatic heterocycles. The van der Waals surface area contributed by atoms with E-state index in [0.29, 0.717) is 11.3 Å². The molecule has 1 amide bonds. The number of anilines is 1. The molecule has 0 fully saturated rings. The molecule has 0 aliphatic carbocycles. The minimum absolute atomic E-state index is 0.192. The average molecular weight is 412 g/mol. The molecule has 2 heterocycles. The molecule has 31 heavy (non-hydrogen) atoms. The predicted octanol–water partition coefficient (Wildman–Crippen LogP) is 2.73. The lowest BCUT2D eigenvalue weighted by atomic mass is 10.2. The van der Waals surface area contributed by atoms with Crippen LogP contribution in [0.15, 0.2) is 79.3 Å². The van der Waals surface area contributed by atoms with Gasteiger partial charge in [0.2, 0.25) is 0 Å². The third-order valence-electron chi connectivity index (χ3n) is 4.35. The highest BCUT2D eigenvalue weighted by molar-refractivity contribution is 5.96. The van der Waals surface area contributed by atoms with Crippen LogP contribution in [0.5, 0.6) is 0 Å². The van der Waals surface area contributed by atoms with Gasteiger partial charge in [-0.3, -0.25) is 4.79 Å². The molecule has 0 spiro atoms. The summed E-state index contributed by atoms with van der Waals surface area (Å²) in [5.41, 5.74) is 1.96. The summed E-state index contributed by atoms with van der Waals surface area (Å²) in [4.78, 5) is 24.6. The van der Waals surface area contributed by atoms with Crippen LogP contribution in [0.4, 0.5) is 5.82 Å². The van der Waals surface area contributed by atoms with E-state index in [4.69, 9.17) is 4.74 Å². The van der Waals surface area contributed by atoms with Gasteiger partial charge in [-0.05, 0) is 42.5 Å². The Morgan fingerprint density at radius 1 is 1.00 bits per heavy atom. The third kappa shape index (κ3) is 4.33. The Labute approximate surface area is 177 Å². The van der Waals surface area contributed by atoms with Crippen LogP contribution in [0.3, 0.4) is 0 Å². The summed E-state index contributed by atoms with van der Waals surface area (Å²) in [6, 6.07) is 19.5. The number of benzene rings is 2. The summed E-state index contributed by atoms with van der Waals surface area (Å²) in [5.74, 6) is -1.02. The van der Waals surface area contributed by atoms with E-state index in [1.807, 2.05) is 24.3 Å². The minimum Gasteiger partial charge on any atom is -0.452 e. The maximum atomic E-state index is 12.4. The van der Waals surface area contributed by atoms with E-state index in [-0.39, 0.29) is 11.4 Å². The van der Waals surface area contributed by atoms with E-state index in [1.165, 1.54) is 10.9 Å². The summed E-state index contributed by atoms with van der Waals surface area (Å²) >= 11 is 0. The minimum atomic E-state index is -0.640. The number of esters is 1. The zero-order valence-electron chi connectivity index (χ0n) is 16.2. The van der Waals surface area contributed by atoms with Gasteiger partial charge < -0.3 is 10.1 Å². The molecule has 2 aromatic carbocycles. The lowest BCUT2D eigenvalue weighted by Gasteiger charge is -2.10. The Kier molecular flexibility index (Phi) is 5.53. The molecule has 0 atom stereocenters. The maximum Gasteiger partial charge on any atom is 0.338 e. The van der Waals surface area contributed by atoms with Crippen molar-refractivity contribution in [2.75, 3.05) is 11.9 Å². The number of aromatic nitrogens is 4. The van der Waals surface area contributed by atoms with E-state index in [0.717, 1.165) is 5.69 Å². The molecule has 0 saturated carbocycles. The van der Waals surface area contributed by atoms with Gasteiger partial charge in [-0.1, -0.05) is 18.2 Å². The van der Waals surface area contributed by atoms with Crippen LogP contribution in [0.2, 0.25) is 0 Å². The Morgan fingerprint density at radius 2 is 1.77 bits per heavy atom. The lowest BCUT2D eigenvalue weighted by molar-refractivity contribution is -0.119. The van der Waals surface area contributed by atoms with Gasteiger partial charge in [-0.15, -0.1) is 0 Å². The molecule has 0 unspecified atom stereocenters. The Bertz CT molecular complexity index is 1240. The predicted molar refractivity (Wildman–Crippen MR) is 111 cm³/mol. The molecular weight excluding hydrogens is 396 g/mol. The van der Waals surface area contributed by atoms with Crippen molar-refractivity contribution in [3.8, 4) is 17.4 Å². The molecular formula is C22H16N6O3. The SMILES string of the molecule is N#Cc1cnn(-c2ccccc2)c1NC(=O)COC(=O)c1ccc(-n2cccn2)cc1. The summed E-state index contributed by atoms with van der Waals surface area (Å²) in [7, 11) is 0. The standard InChI is InChI=1S/C22H16N6O3/c23-13-17-14-25-28(19-5-2-1-3-6-19)21(17)26-20(29)15-31-22(30)16-7-9-18(10-8-16)27-12-4-11-24-27/h1-12,14H,15H2,(H,26,29). The van der Waals surface area contributed by atoms with Gasteiger partial charge in [0.25, 0.3) is 5.91 Å². The zero-order chi connectivity index (χ0) is 21.6. The summed E-state index contributed by atoms with van der Waals surface area (Å²) in [6.07, 6.45) is 4.80. The summed E-state index contributed by atoms with van der Waals surface area (Å²) < 4.78 is 8.20. The van der Waals surface area contributed by atoms with Gasteiger partial charge >= 0.3 is 5.97 Å². The van der Waals surface area contributed by atoms with Crippen molar-refractivity contribution in [1.29, 1.82) is 5.26 Å². The number of nitrogens with one attached hydrogen (secondary N) is 1. The zero-order valence-corrected chi connectivity index (χ0v) is 16.2. The van der Waals surface area contributed by atoms with Crippen molar-refractivity contribution in [1.82, 2.24) is 19.6 Å². The van der Waals surface area contributed by atoms with Crippen LogP contribution in [0.1, 0.15) is 15.9 Å². The van der Waals surface area contributed by atoms with Gasteiger partial charge in [0, 0.05) is 12.4 Å². The van der Waals surface area contributed by atoms with Crippen molar-refractivity contribution >= 4 is 17.7 Å². The van der Waals surface area contributed by atoms with Gasteiger partial charge in [0.05, 0.1) is 23.1 Å². The van der Waals surface area contributed by atoms with Crippen LogP contribution in [-0.4, -0.2) is 38.0 Å². The van der Waals surface area contributed by atoms with Gasteiger partial charge in [0.1, 0.15) is 11.6 Å². The van der Waals surface area contributed by atoms with Crippen LogP contribution in [-0.2, 0) is 9.53 Å². The molecule has 9 heteroatoms. The highest BCUT2D eigenvalue weighted by Gasteiger charge is 2.17. The summed E-state index contributed by atoms with van der Waals surface area (Å²) in [5, 5.41) is 20.2. The molecule has 0 aliphatic rings. The lowest BCUT2D eigenvalue weighted by Crippen LogP contribution is -2.23. The Balaban J connectivity index is 1.40. The number of para-hydroxylation sites is 1. The van der Waals surface area contributed by atoms with Crippen molar-refractivity contribution in [3.05, 3.63) is 90.4 Å². The normalized spacial score (nSPS) is 10.3. The number of amides is 1. The quantitative estimate of drug-likeness (QED) is 0.487. The number of ether oxygens (including phenoxy) is 1. The van der Waals surface area contributed by atoms with Gasteiger partial charge in [0.15, 0.2) is 12.4 Å². The number of nitriles is 1. The second-order valence-electron chi connectivity index (χ2n) is 6.39. The van der Waals surface area contributed by atoms with Crippen LogP contribution in [0.25, 0.3) is 11.4 Å². The number of rotatable bonds is 6. The Morgan fingerprint density at radius 3 is 2.45 bits per heavy atom. The number of carbonyl (C=O) groups excluding carboxylic acids is 2. The largest absolute Gasteiger partial charge is 0.452 e. The van der Waals surface area contributed by atoms with Crippen molar-refractivity contribution in [2.24, 2.45) is 0 Å². The van der Waals surface area contributed by atoms with Crippen molar-refractivity contribution in [2.45, 2.75) is 0 Å². The second kappa shape index (κ2) is 8.75. The monoisotopic (exact) mass is 412 g/mol. The first-order valence-corrected chi connectivity index (χ1v) is 9.26. The first kappa shape index (κ1) is 19.6. The number of nitrogens with zero attached hydrogens (tertiary/aromatic N) is 5. The molecule has 9 nitrogen and oxygen atoms in total. The first-order chi connectivity index (χ1) is 15.2. The third-order valence-corrected chi connectivity index (χ3v) is 4.35. The Hall–Kier alpha value is -4.71. The molecule has 0 bridgehead atoms. The van der Waals surface area contributed by atoms with Gasteiger partial charge in [-0.25, -0.2) is 14.2 Å². The number of hydrogen-bond acceptors (Lipinski definition) is 6. The molecule has 152 valence electrons. The molecule has 1 N–H and O–H groups in total. The number of carbonyl (C=O) groups is 2. The van der Waals surface area contributed by atoms with E-state index in [1.54, 1.807) is 59.5 Å².